The molecule has 0 radical (unpaired) electrons. The van der Waals surface area contributed by atoms with Crippen molar-refractivity contribution in [3.8, 4) is 0 Å². The maximum Gasteiger partial charge on any atom is 2.00 e. The summed E-state index contributed by atoms with van der Waals surface area (Å²) in [6.45, 7) is 0. The summed E-state index contributed by atoms with van der Waals surface area (Å²) in [6.07, 6.45) is 0. The largest absolute Gasteiger partial charge is 2.00 e. The molecule has 0 saturated heterocycles. The van der Waals surface area contributed by atoms with Crippen LogP contribution in [0.3, 0.4) is 0 Å². The molecule has 0 aliphatic carbocycles. The Balaban J connectivity index is 0.000000640. The molecule has 3 heteroatoms. The van der Waals surface area contributed by atoms with Crippen LogP contribution < -0.4 is 0 Å². The van der Waals surface area contributed by atoms with E-state index in [0.29, 0.717) is 0 Å². The normalized spacial score (nSPS) is 8.22. The van der Waals surface area contributed by atoms with E-state index in [2.05, 4.69) is 31.9 Å². The number of hydrogen-bond donors (Lipinski definition) is 0. The first kappa shape index (κ1) is 9.80. The second-order valence-corrected chi connectivity index (χ2v) is 3.12. The smallest absolute Gasteiger partial charge is 0.0611 e. The van der Waals surface area contributed by atoms with Gasteiger partial charge in [-0.25, -0.2) is 0 Å². The number of hydrogen-bond acceptors (Lipinski definition) is 0. The summed E-state index contributed by atoms with van der Waals surface area (Å²) in [5.41, 5.74) is 0. The second-order valence-electron chi connectivity index (χ2n) is 1.41. The molecule has 0 nitrogen and oxygen atoms in total. The molecule has 0 fully saturated rings. The van der Waals surface area contributed by atoms with E-state index in [-0.39, 0.29) is 19.5 Å². The van der Waals surface area contributed by atoms with Gasteiger partial charge in [0.05, 0.1) is 0 Å². The van der Waals surface area contributed by atoms with Crippen LogP contribution in [0.5, 0.6) is 0 Å². The van der Waals surface area contributed by atoms with Crippen molar-refractivity contribution in [2.75, 3.05) is 0 Å². The Morgan fingerprint density at radius 1 is 0.889 bits per heavy atom. The molecule has 0 aliphatic heterocycles. The van der Waals surface area contributed by atoms with E-state index >= 15 is 0 Å². The van der Waals surface area contributed by atoms with Crippen molar-refractivity contribution in [1.29, 1.82) is 0 Å². The van der Waals surface area contributed by atoms with Gasteiger partial charge in [-0.3, -0.25) is 0 Å². The third-order valence-electron chi connectivity index (χ3n) is 0.824. The predicted molar refractivity (Wildman–Crippen MR) is 41.8 cm³/mol. The van der Waals surface area contributed by atoms with E-state index < -0.39 is 0 Å². The summed E-state index contributed by atoms with van der Waals surface area (Å²) >= 11 is 6.70. The van der Waals surface area contributed by atoms with Crippen molar-refractivity contribution in [1.82, 2.24) is 0 Å². The third-order valence-corrected chi connectivity index (χ3v) is 2.74. The Morgan fingerprint density at radius 2 is 1.22 bits per heavy atom. The van der Waals surface area contributed by atoms with Gasteiger partial charge in [0, 0.05) is 8.95 Å². The summed E-state index contributed by atoms with van der Waals surface area (Å²) in [4.78, 5) is 0. The minimum Gasteiger partial charge on any atom is -0.0611 e. The summed E-state index contributed by atoms with van der Waals surface area (Å²) in [5.74, 6) is 0. The summed E-state index contributed by atoms with van der Waals surface area (Å²) in [6, 6.07) is 7.94. The summed E-state index contributed by atoms with van der Waals surface area (Å²) < 4.78 is 2.19. The van der Waals surface area contributed by atoms with Gasteiger partial charge in [-0.2, -0.15) is 0 Å². The Labute approximate surface area is 84.0 Å². The molecule has 48 valence electrons. The maximum atomic E-state index is 3.35. The fourth-order valence-electron chi connectivity index (χ4n) is 0.439. The molecular formula is C6H4Br2Ru+2. The Hall–Kier alpha value is 0.803. The van der Waals surface area contributed by atoms with E-state index in [0.717, 1.165) is 8.95 Å². The van der Waals surface area contributed by atoms with Gasteiger partial charge in [-0.05, 0) is 44.0 Å². The van der Waals surface area contributed by atoms with Gasteiger partial charge in [0.2, 0.25) is 0 Å². The standard InChI is InChI=1S/C6H4Br2.Ru/c7-5-3-1-2-4-6(5)8;/h1-4H;/q;+2. The van der Waals surface area contributed by atoms with Gasteiger partial charge in [0.25, 0.3) is 0 Å². The van der Waals surface area contributed by atoms with Crippen LogP contribution in [-0.4, -0.2) is 0 Å². The van der Waals surface area contributed by atoms with Gasteiger partial charge < -0.3 is 0 Å². The van der Waals surface area contributed by atoms with Gasteiger partial charge in [-0.15, -0.1) is 0 Å². The van der Waals surface area contributed by atoms with Crippen LogP contribution in [0.4, 0.5) is 0 Å². The minimum atomic E-state index is 0. The topological polar surface area (TPSA) is 0 Å². The third kappa shape index (κ3) is 2.92. The Kier molecular flexibility index (Phi) is 5.00. The Morgan fingerprint density at radius 3 is 1.44 bits per heavy atom. The number of rotatable bonds is 0. The maximum absolute atomic E-state index is 3.35. The zero-order valence-corrected chi connectivity index (χ0v) is 9.33. The average Bonchev–Trinajstić information content (AvgIpc) is 1.77. The molecule has 0 N–H and O–H groups in total. The van der Waals surface area contributed by atoms with Crippen molar-refractivity contribution in [2.45, 2.75) is 0 Å². The minimum absolute atomic E-state index is 0. The molecular weight excluding hydrogens is 333 g/mol. The van der Waals surface area contributed by atoms with Gasteiger partial charge >= 0.3 is 19.5 Å². The SMILES string of the molecule is Brc1ccccc1Br.[Ru+2]. The van der Waals surface area contributed by atoms with Crippen LogP contribution in [0.1, 0.15) is 0 Å². The van der Waals surface area contributed by atoms with E-state index in [1.54, 1.807) is 0 Å². The van der Waals surface area contributed by atoms with E-state index in [9.17, 15) is 0 Å². The summed E-state index contributed by atoms with van der Waals surface area (Å²) in [5, 5.41) is 0. The van der Waals surface area contributed by atoms with Crippen LogP contribution in [-0.2, 0) is 19.5 Å². The van der Waals surface area contributed by atoms with Crippen LogP contribution in [0, 0.1) is 0 Å². The second kappa shape index (κ2) is 4.59. The molecule has 1 aromatic rings. The fraction of sp³-hybridized carbons (Fsp3) is 0. The fourth-order valence-corrected chi connectivity index (χ4v) is 1.01. The van der Waals surface area contributed by atoms with Crippen molar-refractivity contribution in [3.63, 3.8) is 0 Å². The first-order valence-electron chi connectivity index (χ1n) is 2.21. The van der Waals surface area contributed by atoms with Crippen LogP contribution in [0.15, 0.2) is 33.2 Å². The van der Waals surface area contributed by atoms with E-state index in [4.69, 9.17) is 0 Å². The number of benzene rings is 1. The first-order chi connectivity index (χ1) is 3.80. The quantitative estimate of drug-likeness (QED) is 0.638. The molecule has 1 aromatic carbocycles. The van der Waals surface area contributed by atoms with Crippen molar-refractivity contribution in [2.24, 2.45) is 0 Å². The van der Waals surface area contributed by atoms with Crippen molar-refractivity contribution in [3.05, 3.63) is 33.2 Å². The molecule has 0 spiro atoms. The van der Waals surface area contributed by atoms with Gasteiger partial charge in [0.1, 0.15) is 0 Å². The molecule has 0 aromatic heterocycles. The van der Waals surface area contributed by atoms with Crippen LogP contribution in [0.2, 0.25) is 0 Å². The zero-order chi connectivity index (χ0) is 5.98. The van der Waals surface area contributed by atoms with Gasteiger partial charge in [0.15, 0.2) is 0 Å². The molecule has 0 amide bonds. The molecule has 0 unspecified atom stereocenters. The molecule has 0 heterocycles. The van der Waals surface area contributed by atoms with Crippen LogP contribution >= 0.6 is 31.9 Å². The van der Waals surface area contributed by atoms with Crippen LogP contribution in [0.25, 0.3) is 0 Å². The van der Waals surface area contributed by atoms with E-state index in [1.807, 2.05) is 24.3 Å². The van der Waals surface area contributed by atoms with E-state index in [1.165, 1.54) is 0 Å². The molecule has 9 heavy (non-hydrogen) atoms. The van der Waals surface area contributed by atoms with Crippen molar-refractivity contribution >= 4 is 31.9 Å². The molecule has 0 atom stereocenters. The molecule has 1 rings (SSSR count). The zero-order valence-electron chi connectivity index (χ0n) is 4.42. The molecule has 0 saturated carbocycles. The predicted octanol–water partition coefficient (Wildman–Crippen LogP) is 3.21. The van der Waals surface area contributed by atoms with Gasteiger partial charge in [-0.1, -0.05) is 12.1 Å². The average molecular weight is 337 g/mol. The Bertz CT molecular complexity index is 167. The first-order valence-corrected chi connectivity index (χ1v) is 3.79. The molecule has 0 bridgehead atoms. The van der Waals surface area contributed by atoms with Crippen molar-refractivity contribution < 1.29 is 19.5 Å². The summed E-state index contributed by atoms with van der Waals surface area (Å²) in [7, 11) is 0. The monoisotopic (exact) mass is 336 g/mol. The number of halogens is 2. The molecule has 0 aliphatic rings.